The lowest BCUT2D eigenvalue weighted by molar-refractivity contribution is -0.119. The highest BCUT2D eigenvalue weighted by Gasteiger charge is 2.14. The number of unbranched alkanes of at least 4 members (excludes halogenated alkanes) is 2. The van der Waals surface area contributed by atoms with Crippen molar-refractivity contribution >= 4 is 17.7 Å². The van der Waals surface area contributed by atoms with Gasteiger partial charge in [-0.05, 0) is 20.3 Å². The molecule has 6 nitrogen and oxygen atoms in total. The molecule has 0 saturated heterocycles. The maximum atomic E-state index is 12.1. The van der Waals surface area contributed by atoms with Crippen LogP contribution < -0.4 is 11.2 Å². The Hall–Kier alpha value is -2.02. The van der Waals surface area contributed by atoms with E-state index in [4.69, 9.17) is 5.84 Å². The van der Waals surface area contributed by atoms with Crippen LogP contribution in [0.5, 0.6) is 0 Å². The van der Waals surface area contributed by atoms with Crippen LogP contribution in [-0.4, -0.2) is 32.6 Å². The van der Waals surface area contributed by atoms with Gasteiger partial charge in [0.05, 0.1) is 5.75 Å². The van der Waals surface area contributed by atoms with Gasteiger partial charge in [0.2, 0.25) is 11.1 Å². The van der Waals surface area contributed by atoms with E-state index in [2.05, 4.69) is 22.4 Å². The quantitative estimate of drug-likeness (QED) is 0.407. The average Bonchev–Trinajstić information content (AvgIpc) is 2.95. The number of carbonyl (C=O) groups is 1. The number of hydrogen-bond donors (Lipinski definition) is 2. The van der Waals surface area contributed by atoms with Crippen LogP contribution in [0, 0.1) is 6.92 Å². The maximum absolute atomic E-state index is 12.1. The highest BCUT2D eigenvalue weighted by Crippen LogP contribution is 2.21. The molecule has 2 rings (SSSR count). The maximum Gasteiger partial charge on any atom is 0.230 e. The molecule has 1 unspecified atom stereocenters. The summed E-state index contributed by atoms with van der Waals surface area (Å²) in [4.78, 5) is 12.1. The van der Waals surface area contributed by atoms with Crippen LogP contribution >= 0.6 is 11.8 Å². The van der Waals surface area contributed by atoms with Crippen molar-refractivity contribution in [2.24, 2.45) is 0 Å². The second kappa shape index (κ2) is 9.46. The van der Waals surface area contributed by atoms with Gasteiger partial charge < -0.3 is 11.2 Å². The van der Waals surface area contributed by atoms with E-state index in [0.29, 0.717) is 11.0 Å². The van der Waals surface area contributed by atoms with E-state index in [1.165, 1.54) is 34.8 Å². The molecule has 3 N–H and O–H groups in total. The van der Waals surface area contributed by atoms with Gasteiger partial charge in [-0.25, -0.2) is 4.68 Å². The zero-order valence-electron chi connectivity index (χ0n) is 15.2. The van der Waals surface area contributed by atoms with Crippen molar-refractivity contribution in [3.63, 3.8) is 0 Å². The molecular formula is C18H27N5OS. The van der Waals surface area contributed by atoms with Crippen molar-refractivity contribution in [3.05, 3.63) is 29.8 Å². The standard InChI is InChI=1S/C18H27N5OS/c1-4-5-6-7-14(3)20-16(24)12-25-18-22-21-17(23(18)19)15-10-8-13(2)9-11-15/h8-11,14H,4-7,12,19H2,1-3H3,(H,20,24). The first-order valence-electron chi connectivity index (χ1n) is 8.71. The second-order valence-corrected chi connectivity index (χ2v) is 7.24. The topological polar surface area (TPSA) is 85.8 Å². The van der Waals surface area contributed by atoms with Gasteiger partial charge in [-0.1, -0.05) is 67.8 Å². The molecule has 0 spiro atoms. The minimum Gasteiger partial charge on any atom is -0.353 e. The summed E-state index contributed by atoms with van der Waals surface area (Å²) in [5.74, 6) is 6.95. The Kier molecular flexibility index (Phi) is 7.31. The lowest BCUT2D eigenvalue weighted by Crippen LogP contribution is -2.33. The Morgan fingerprint density at radius 3 is 2.68 bits per heavy atom. The summed E-state index contributed by atoms with van der Waals surface area (Å²) in [5, 5.41) is 11.8. The molecule has 136 valence electrons. The van der Waals surface area contributed by atoms with E-state index in [1.54, 1.807) is 0 Å². The number of rotatable bonds is 9. The van der Waals surface area contributed by atoms with E-state index in [0.717, 1.165) is 18.4 Å². The van der Waals surface area contributed by atoms with E-state index < -0.39 is 0 Å². The normalized spacial score (nSPS) is 12.1. The fourth-order valence-corrected chi connectivity index (χ4v) is 3.16. The highest BCUT2D eigenvalue weighted by molar-refractivity contribution is 7.99. The molecule has 7 heteroatoms. The fraction of sp³-hybridized carbons (Fsp3) is 0.500. The van der Waals surface area contributed by atoms with E-state index >= 15 is 0 Å². The van der Waals surface area contributed by atoms with Crippen molar-refractivity contribution in [1.82, 2.24) is 20.2 Å². The summed E-state index contributed by atoms with van der Waals surface area (Å²) in [6.45, 7) is 6.24. The number of nitrogens with zero attached hydrogens (tertiary/aromatic N) is 3. The first-order valence-corrected chi connectivity index (χ1v) is 9.69. The predicted molar refractivity (Wildman–Crippen MR) is 103 cm³/mol. The van der Waals surface area contributed by atoms with Crippen LogP contribution in [-0.2, 0) is 4.79 Å². The molecule has 25 heavy (non-hydrogen) atoms. The largest absolute Gasteiger partial charge is 0.353 e. The summed E-state index contributed by atoms with van der Waals surface area (Å²) in [6.07, 6.45) is 4.54. The minimum atomic E-state index is -0.00566. The van der Waals surface area contributed by atoms with Gasteiger partial charge in [-0.3, -0.25) is 4.79 Å². The summed E-state index contributed by atoms with van der Waals surface area (Å²) in [7, 11) is 0. The van der Waals surface area contributed by atoms with Crippen molar-refractivity contribution in [2.45, 2.75) is 57.7 Å². The fourth-order valence-electron chi connectivity index (χ4n) is 2.49. The first-order chi connectivity index (χ1) is 12.0. The number of aryl methyl sites for hydroxylation is 1. The van der Waals surface area contributed by atoms with Gasteiger partial charge in [-0.15, -0.1) is 10.2 Å². The third kappa shape index (κ3) is 5.77. The molecular weight excluding hydrogens is 334 g/mol. The van der Waals surface area contributed by atoms with Gasteiger partial charge in [0.1, 0.15) is 0 Å². The van der Waals surface area contributed by atoms with Gasteiger partial charge in [0.15, 0.2) is 5.82 Å². The molecule has 0 bridgehead atoms. The Bertz CT molecular complexity index is 683. The summed E-state index contributed by atoms with van der Waals surface area (Å²) >= 11 is 1.30. The highest BCUT2D eigenvalue weighted by atomic mass is 32.2. The molecule has 1 amide bonds. The molecule has 0 saturated carbocycles. The second-order valence-electron chi connectivity index (χ2n) is 6.30. The Balaban J connectivity index is 1.87. The van der Waals surface area contributed by atoms with Crippen LogP contribution in [0.2, 0.25) is 0 Å². The smallest absolute Gasteiger partial charge is 0.230 e. The van der Waals surface area contributed by atoms with E-state index in [-0.39, 0.29) is 17.7 Å². The lowest BCUT2D eigenvalue weighted by Gasteiger charge is -2.13. The van der Waals surface area contributed by atoms with Crippen LogP contribution in [0.15, 0.2) is 29.4 Å². The van der Waals surface area contributed by atoms with Gasteiger partial charge in [0.25, 0.3) is 0 Å². The SMILES string of the molecule is CCCCCC(C)NC(=O)CSc1nnc(-c2ccc(C)cc2)n1N. The number of benzene rings is 1. The molecule has 0 aliphatic rings. The number of nitrogens with two attached hydrogens (primary N) is 1. The molecule has 1 heterocycles. The molecule has 0 aliphatic carbocycles. The number of carbonyl (C=O) groups excluding carboxylic acids is 1. The molecule has 1 aromatic heterocycles. The molecule has 1 atom stereocenters. The minimum absolute atomic E-state index is 0.00566. The number of hydrogen-bond acceptors (Lipinski definition) is 5. The van der Waals surface area contributed by atoms with Crippen LogP contribution in [0.25, 0.3) is 11.4 Å². The van der Waals surface area contributed by atoms with Crippen molar-refractivity contribution in [3.8, 4) is 11.4 Å². The van der Waals surface area contributed by atoms with Crippen LogP contribution in [0.3, 0.4) is 0 Å². The van der Waals surface area contributed by atoms with Crippen molar-refractivity contribution in [2.75, 3.05) is 11.6 Å². The summed E-state index contributed by atoms with van der Waals surface area (Å²) < 4.78 is 1.44. The van der Waals surface area contributed by atoms with Crippen molar-refractivity contribution in [1.29, 1.82) is 0 Å². The first kappa shape index (κ1) is 19.3. The average molecular weight is 362 g/mol. The number of nitrogens with one attached hydrogen (secondary N) is 1. The molecule has 0 radical (unpaired) electrons. The zero-order chi connectivity index (χ0) is 18.2. The number of nitrogen functional groups attached to an aromatic ring is 1. The number of thioether (sulfide) groups is 1. The zero-order valence-corrected chi connectivity index (χ0v) is 16.0. The summed E-state index contributed by atoms with van der Waals surface area (Å²) in [5.41, 5.74) is 2.08. The summed E-state index contributed by atoms with van der Waals surface area (Å²) in [6, 6.07) is 8.12. The Labute approximate surface area is 153 Å². The Morgan fingerprint density at radius 1 is 1.28 bits per heavy atom. The Morgan fingerprint density at radius 2 is 2.00 bits per heavy atom. The monoisotopic (exact) mass is 361 g/mol. The van der Waals surface area contributed by atoms with E-state index in [1.807, 2.05) is 38.1 Å². The predicted octanol–water partition coefficient (Wildman–Crippen LogP) is 3.14. The number of aromatic nitrogens is 3. The van der Waals surface area contributed by atoms with Crippen molar-refractivity contribution < 1.29 is 4.79 Å². The van der Waals surface area contributed by atoms with Crippen LogP contribution in [0.4, 0.5) is 0 Å². The third-order valence-corrected chi connectivity index (χ3v) is 4.90. The van der Waals surface area contributed by atoms with Gasteiger partial charge >= 0.3 is 0 Å². The van der Waals surface area contributed by atoms with E-state index in [9.17, 15) is 4.79 Å². The molecule has 2 aromatic rings. The van der Waals surface area contributed by atoms with Crippen LogP contribution in [0.1, 0.15) is 45.1 Å². The molecule has 1 aromatic carbocycles. The molecule has 0 fully saturated rings. The van der Waals surface area contributed by atoms with Gasteiger partial charge in [-0.2, -0.15) is 0 Å². The number of amides is 1. The lowest BCUT2D eigenvalue weighted by atomic mass is 10.1. The van der Waals surface area contributed by atoms with Gasteiger partial charge in [0, 0.05) is 11.6 Å². The third-order valence-electron chi connectivity index (χ3n) is 3.95. The molecule has 0 aliphatic heterocycles.